The summed E-state index contributed by atoms with van der Waals surface area (Å²) in [5.74, 6) is 0. The van der Waals surface area contributed by atoms with Gasteiger partial charge in [-0.25, -0.2) is 0 Å². The van der Waals surface area contributed by atoms with Gasteiger partial charge in [-0.1, -0.05) is 244 Å². The molecule has 0 aliphatic heterocycles. The van der Waals surface area contributed by atoms with E-state index in [2.05, 4.69) is 289 Å². The Morgan fingerprint density at radius 2 is 0.419 bits per heavy atom. The Kier molecular flexibility index (Phi) is 11.4. The molecule has 0 atom stereocenters. The quantitative estimate of drug-likeness (QED) is 0.111. The van der Waals surface area contributed by atoms with Crippen molar-refractivity contribution in [2.45, 2.75) is 13.8 Å². The first kappa shape index (κ1) is 44.4. The minimum Gasteiger partial charge on any atom is -0.309 e. The molecule has 0 saturated heterocycles. The molecule has 0 bridgehead atoms. The first-order valence-electron chi connectivity index (χ1n) is 25.8. The van der Waals surface area contributed by atoms with E-state index in [1.165, 1.54) is 86.2 Å². The Balaban J connectivity index is 0.00000261. The Morgan fingerprint density at radius 1 is 0.216 bits per heavy atom. The van der Waals surface area contributed by atoms with Crippen LogP contribution < -0.4 is 9.80 Å². The Labute approximate surface area is 431 Å². The zero-order valence-corrected chi connectivity index (χ0v) is 41.5. The lowest BCUT2D eigenvalue weighted by Crippen LogP contribution is -2.11. The first-order chi connectivity index (χ1) is 36.7. The van der Waals surface area contributed by atoms with Gasteiger partial charge in [-0.3, -0.25) is 0 Å². The van der Waals surface area contributed by atoms with Crippen LogP contribution in [0.1, 0.15) is 25.0 Å². The lowest BCUT2D eigenvalue weighted by atomic mass is 9.96. The number of nitrogens with zero attached hydrogens (tertiary/aromatic N) is 2. The molecule has 74 heavy (non-hydrogen) atoms. The van der Waals surface area contributed by atoms with Gasteiger partial charge in [0.05, 0.1) is 22.7 Å². The van der Waals surface area contributed by atoms with E-state index in [1.54, 1.807) is 0 Å². The molecule has 14 rings (SSSR count). The van der Waals surface area contributed by atoms with Gasteiger partial charge in [0.2, 0.25) is 0 Å². The highest BCUT2D eigenvalue weighted by Crippen LogP contribution is 2.48. The van der Waals surface area contributed by atoms with Crippen LogP contribution in [0.5, 0.6) is 0 Å². The van der Waals surface area contributed by atoms with Crippen LogP contribution in [0.15, 0.2) is 267 Å². The van der Waals surface area contributed by atoms with E-state index in [0.29, 0.717) is 0 Å². The van der Waals surface area contributed by atoms with Gasteiger partial charge in [0.1, 0.15) is 0 Å². The summed E-state index contributed by atoms with van der Waals surface area (Å²) in [7, 11) is 0. The van der Waals surface area contributed by atoms with Crippen LogP contribution in [0.4, 0.5) is 34.1 Å². The van der Waals surface area contributed by atoms with E-state index in [9.17, 15) is 0 Å². The number of anilines is 6. The molecular weight excluding hydrogens is 893 g/mol. The van der Waals surface area contributed by atoms with Crippen LogP contribution in [0.2, 0.25) is 0 Å². The number of hydrogen-bond acceptors (Lipinski definition) is 2. The summed E-state index contributed by atoms with van der Waals surface area (Å²) in [5.41, 5.74) is 9.04. The molecule has 0 spiro atoms. The molecule has 0 aliphatic rings. The van der Waals surface area contributed by atoms with Crippen molar-refractivity contribution in [3.63, 3.8) is 0 Å². The van der Waals surface area contributed by atoms with Gasteiger partial charge >= 0.3 is 0 Å². The topological polar surface area (TPSA) is 6.48 Å². The van der Waals surface area contributed by atoms with Gasteiger partial charge in [0.25, 0.3) is 0 Å². The van der Waals surface area contributed by atoms with Gasteiger partial charge in [0, 0.05) is 32.9 Å². The molecule has 0 unspecified atom stereocenters. The predicted molar refractivity (Wildman–Crippen MR) is 323 cm³/mol. The molecule has 0 aromatic heterocycles. The van der Waals surface area contributed by atoms with E-state index in [-0.39, 0.29) is 0 Å². The zero-order chi connectivity index (χ0) is 49.5. The highest BCUT2D eigenvalue weighted by Gasteiger charge is 2.22. The highest BCUT2D eigenvalue weighted by atomic mass is 15.2. The van der Waals surface area contributed by atoms with E-state index in [0.717, 1.165) is 45.3 Å². The zero-order valence-electron chi connectivity index (χ0n) is 41.5. The maximum atomic E-state index is 2.47. The molecule has 0 fully saturated rings. The Morgan fingerprint density at radius 3 is 0.662 bits per heavy atom. The van der Waals surface area contributed by atoms with Crippen molar-refractivity contribution in [1.29, 1.82) is 0 Å². The van der Waals surface area contributed by atoms with E-state index >= 15 is 0 Å². The normalized spacial score (nSPS) is 11.6. The molecule has 0 saturated carbocycles. The van der Waals surface area contributed by atoms with Crippen molar-refractivity contribution in [3.8, 4) is 0 Å². The van der Waals surface area contributed by atoms with Crippen molar-refractivity contribution in [1.82, 2.24) is 0 Å². The number of rotatable bonds is 8. The maximum Gasteiger partial charge on any atom is 0.0546 e. The van der Waals surface area contributed by atoms with E-state index in [1.807, 2.05) is 13.8 Å². The number of hydrogen-bond donors (Lipinski definition) is 0. The van der Waals surface area contributed by atoms with Crippen LogP contribution in [0.3, 0.4) is 0 Å². The number of benzene rings is 14. The molecule has 14 aromatic carbocycles. The Bertz CT molecular complexity index is 3930. The molecule has 0 N–H and O–H groups in total. The summed E-state index contributed by atoms with van der Waals surface area (Å²) >= 11 is 0. The minimum atomic E-state index is 1.10. The third-order valence-electron chi connectivity index (χ3n) is 14.7. The largest absolute Gasteiger partial charge is 0.309 e. The highest BCUT2D eigenvalue weighted by molar-refractivity contribution is 6.20. The van der Waals surface area contributed by atoms with Crippen molar-refractivity contribution in [3.05, 3.63) is 278 Å². The van der Waals surface area contributed by atoms with Crippen molar-refractivity contribution in [2.24, 2.45) is 0 Å². The summed E-state index contributed by atoms with van der Waals surface area (Å²) in [5, 5.41) is 19.7. The van der Waals surface area contributed by atoms with E-state index < -0.39 is 0 Å². The maximum absolute atomic E-state index is 2.47. The van der Waals surface area contributed by atoms with Gasteiger partial charge in [-0.05, 0) is 124 Å². The van der Waals surface area contributed by atoms with Gasteiger partial charge in [-0.2, -0.15) is 0 Å². The molecule has 14 aromatic rings. The van der Waals surface area contributed by atoms with Gasteiger partial charge < -0.3 is 9.80 Å². The monoisotopic (exact) mass is 944 g/mol. The number of fused-ring (bicyclic) bond motifs is 12. The Hall–Kier alpha value is -9.50. The molecular formula is C72H52N2. The molecule has 0 heterocycles. The van der Waals surface area contributed by atoms with Gasteiger partial charge in [-0.15, -0.1) is 0 Å². The summed E-state index contributed by atoms with van der Waals surface area (Å²) in [4.78, 5) is 4.94. The van der Waals surface area contributed by atoms with Crippen molar-refractivity contribution in [2.75, 3.05) is 9.80 Å². The summed E-state index contributed by atoms with van der Waals surface area (Å²) in [6.07, 6.45) is 4.46. The third kappa shape index (κ3) is 7.67. The molecule has 0 amide bonds. The fourth-order valence-electron chi connectivity index (χ4n) is 11.4. The second-order valence-corrected chi connectivity index (χ2v) is 18.8. The SMILES string of the molecule is C(=C\c1ccc(N(c2cc3ccccc3c3ccccc23)c2cc3ccccc3c3ccccc23)cc1)/c1ccc(N(c2cc3ccccc3c3ccccc23)c2cc3ccccc3c3ccccc23)cc1.CC. The van der Waals surface area contributed by atoms with Crippen LogP contribution in [-0.2, 0) is 0 Å². The standard InChI is InChI=1S/C70H46N2.C2H6/c1-5-21-55-49(17-1)43-67(63-29-13-9-25-59(55)63)71(68-44-50-18-2-6-22-56(50)60-26-10-14-30-64(60)68)53-39-35-47(36-40-53)33-34-48-37-41-54(42-38-48)72(69-45-51-19-3-7-23-57(51)61-27-11-15-31-65(61)69)70-46-52-20-4-8-24-58(52)62-28-12-16-32-66(62)70;1-2/h1-46H;1-2H3/b34-33+;. The predicted octanol–water partition coefficient (Wildman–Crippen LogP) is 21.0. The second-order valence-electron chi connectivity index (χ2n) is 18.8. The molecule has 2 nitrogen and oxygen atoms in total. The molecule has 350 valence electrons. The van der Waals surface area contributed by atoms with Crippen LogP contribution in [-0.4, -0.2) is 0 Å². The lowest BCUT2D eigenvalue weighted by Gasteiger charge is -2.29. The fraction of sp³-hybridized carbons (Fsp3) is 0.0278. The second kappa shape index (κ2) is 18.9. The fourth-order valence-corrected chi connectivity index (χ4v) is 11.4. The minimum absolute atomic E-state index is 1.10. The third-order valence-corrected chi connectivity index (χ3v) is 14.7. The average molecular weight is 945 g/mol. The van der Waals surface area contributed by atoms with Crippen molar-refractivity contribution >= 4 is 132 Å². The summed E-state index contributed by atoms with van der Waals surface area (Å²) in [6, 6.07) is 97.9. The van der Waals surface area contributed by atoms with E-state index in [4.69, 9.17) is 0 Å². The molecule has 2 heteroatoms. The van der Waals surface area contributed by atoms with Crippen LogP contribution in [0, 0.1) is 0 Å². The van der Waals surface area contributed by atoms with Crippen LogP contribution >= 0.6 is 0 Å². The van der Waals surface area contributed by atoms with Gasteiger partial charge in [0.15, 0.2) is 0 Å². The first-order valence-corrected chi connectivity index (χ1v) is 25.8. The summed E-state index contributed by atoms with van der Waals surface area (Å²) < 4.78 is 0. The smallest absolute Gasteiger partial charge is 0.0546 e. The van der Waals surface area contributed by atoms with Crippen LogP contribution in [0.25, 0.3) is 98.3 Å². The lowest BCUT2D eigenvalue weighted by molar-refractivity contribution is 1.32. The molecule has 0 aliphatic carbocycles. The summed E-state index contributed by atoms with van der Waals surface area (Å²) in [6.45, 7) is 4.00. The molecule has 0 radical (unpaired) electrons. The van der Waals surface area contributed by atoms with Crippen molar-refractivity contribution < 1.29 is 0 Å². The average Bonchev–Trinajstić information content (AvgIpc) is 3.49.